The number of aryl methyl sites for hydroxylation is 1. The summed E-state index contributed by atoms with van der Waals surface area (Å²) in [6.07, 6.45) is 3.49. The Hall–Kier alpha value is -2.35. The highest BCUT2D eigenvalue weighted by Gasteiger charge is 2.41. The zero-order valence-corrected chi connectivity index (χ0v) is 11.8. The van der Waals surface area contributed by atoms with Crippen LogP contribution < -0.4 is 5.32 Å². The molecule has 2 N–H and O–H groups in total. The lowest BCUT2D eigenvalue weighted by Gasteiger charge is -2.19. The molecule has 0 atom stereocenters. The Balaban J connectivity index is 2.06. The summed E-state index contributed by atoms with van der Waals surface area (Å²) in [5, 5.41) is 20.8. The number of hydrogen-bond acceptors (Lipinski definition) is 3. The molecule has 110 valence electrons. The fourth-order valence-corrected chi connectivity index (χ4v) is 2.67. The molecule has 1 fully saturated rings. The molecule has 5 heteroatoms. The quantitative estimate of drug-likeness (QED) is 0.870. The molecule has 0 bridgehead atoms. The van der Waals surface area contributed by atoms with Crippen molar-refractivity contribution in [3.63, 3.8) is 0 Å². The Labute approximate surface area is 123 Å². The number of carbonyl (C=O) groups is 2. The van der Waals surface area contributed by atoms with Crippen LogP contribution in [0.5, 0.6) is 0 Å². The first-order valence-electron chi connectivity index (χ1n) is 7.09. The van der Waals surface area contributed by atoms with Gasteiger partial charge in [0.1, 0.15) is 5.41 Å². The van der Waals surface area contributed by atoms with E-state index in [2.05, 4.69) is 11.4 Å². The highest BCUT2D eigenvalue weighted by atomic mass is 16.4. The minimum Gasteiger partial charge on any atom is -0.481 e. The van der Waals surface area contributed by atoms with E-state index >= 15 is 0 Å². The second-order valence-electron chi connectivity index (χ2n) is 5.45. The fourth-order valence-electron chi connectivity index (χ4n) is 2.67. The largest absolute Gasteiger partial charge is 0.481 e. The van der Waals surface area contributed by atoms with Crippen LogP contribution >= 0.6 is 0 Å². The van der Waals surface area contributed by atoms with Crippen LogP contribution in [-0.2, 0) is 16.0 Å². The second-order valence-corrected chi connectivity index (χ2v) is 5.45. The van der Waals surface area contributed by atoms with Gasteiger partial charge >= 0.3 is 5.97 Å². The first-order valence-corrected chi connectivity index (χ1v) is 7.09. The lowest BCUT2D eigenvalue weighted by Crippen LogP contribution is -2.32. The maximum absolute atomic E-state index is 12.3. The summed E-state index contributed by atoms with van der Waals surface area (Å²) in [5.74, 6) is -1.10. The molecule has 0 heterocycles. The summed E-state index contributed by atoms with van der Waals surface area (Å²) >= 11 is 0. The van der Waals surface area contributed by atoms with Crippen LogP contribution in [0.25, 0.3) is 0 Å². The number of amides is 1. The first-order chi connectivity index (χ1) is 10.1. The summed E-state index contributed by atoms with van der Waals surface area (Å²) in [6, 6.07) is 9.29. The molecule has 1 saturated carbocycles. The molecule has 1 aliphatic rings. The fraction of sp³-hybridized carbons (Fsp3) is 0.438. The SMILES string of the molecule is N#CC1(C(=O)Nc2cccc(CCC(=O)O)c2)CCCC1. The van der Waals surface area contributed by atoms with Crippen molar-refractivity contribution < 1.29 is 14.7 Å². The van der Waals surface area contributed by atoms with Crippen LogP contribution in [-0.4, -0.2) is 17.0 Å². The molecule has 0 spiro atoms. The zero-order valence-electron chi connectivity index (χ0n) is 11.8. The van der Waals surface area contributed by atoms with Crippen molar-refractivity contribution in [3.8, 4) is 6.07 Å². The maximum Gasteiger partial charge on any atom is 0.303 e. The predicted molar refractivity (Wildman–Crippen MR) is 77.5 cm³/mol. The third-order valence-electron chi connectivity index (χ3n) is 3.92. The highest BCUT2D eigenvalue weighted by Crippen LogP contribution is 2.38. The molecule has 1 aromatic carbocycles. The topological polar surface area (TPSA) is 90.2 Å². The van der Waals surface area contributed by atoms with Crippen molar-refractivity contribution in [1.82, 2.24) is 0 Å². The van der Waals surface area contributed by atoms with E-state index < -0.39 is 11.4 Å². The first kappa shape index (κ1) is 15.0. The molecule has 0 aliphatic heterocycles. The molecule has 0 aromatic heterocycles. The van der Waals surface area contributed by atoms with Crippen molar-refractivity contribution in [2.45, 2.75) is 38.5 Å². The Morgan fingerprint density at radius 1 is 1.33 bits per heavy atom. The molecular weight excluding hydrogens is 268 g/mol. The van der Waals surface area contributed by atoms with E-state index in [9.17, 15) is 14.9 Å². The van der Waals surface area contributed by atoms with Crippen molar-refractivity contribution >= 4 is 17.6 Å². The summed E-state index contributed by atoms with van der Waals surface area (Å²) in [4.78, 5) is 22.9. The number of aliphatic carboxylic acids is 1. The number of carboxylic acids is 1. The molecule has 1 amide bonds. The van der Waals surface area contributed by atoms with Crippen LogP contribution in [0.1, 0.15) is 37.7 Å². The van der Waals surface area contributed by atoms with Gasteiger partial charge in [-0.2, -0.15) is 5.26 Å². The zero-order chi connectivity index (χ0) is 15.3. The van der Waals surface area contributed by atoms with Gasteiger partial charge in [-0.25, -0.2) is 0 Å². The van der Waals surface area contributed by atoms with Gasteiger partial charge < -0.3 is 10.4 Å². The normalized spacial score (nSPS) is 16.1. The monoisotopic (exact) mass is 286 g/mol. The molecule has 1 aromatic rings. The second kappa shape index (κ2) is 6.40. The van der Waals surface area contributed by atoms with Gasteiger partial charge in [-0.05, 0) is 37.0 Å². The number of rotatable bonds is 5. The standard InChI is InChI=1S/C16H18N2O3/c17-11-16(8-1-2-9-16)15(21)18-13-5-3-4-12(10-13)6-7-14(19)20/h3-5,10H,1-2,6-9H2,(H,18,21)(H,19,20). The lowest BCUT2D eigenvalue weighted by molar-refractivity contribution is -0.137. The van der Waals surface area contributed by atoms with E-state index in [0.717, 1.165) is 18.4 Å². The van der Waals surface area contributed by atoms with E-state index in [1.165, 1.54) is 0 Å². The summed E-state index contributed by atoms with van der Waals surface area (Å²) < 4.78 is 0. The van der Waals surface area contributed by atoms with Crippen LogP contribution in [0.4, 0.5) is 5.69 Å². The summed E-state index contributed by atoms with van der Waals surface area (Å²) in [7, 11) is 0. The number of benzene rings is 1. The summed E-state index contributed by atoms with van der Waals surface area (Å²) in [5.41, 5.74) is 0.564. The van der Waals surface area contributed by atoms with Gasteiger partial charge in [0.15, 0.2) is 0 Å². The molecule has 1 aliphatic carbocycles. The molecular formula is C16H18N2O3. The minimum absolute atomic E-state index is 0.0551. The van der Waals surface area contributed by atoms with Gasteiger partial charge in [-0.15, -0.1) is 0 Å². The van der Waals surface area contributed by atoms with Gasteiger partial charge in [0.25, 0.3) is 0 Å². The third kappa shape index (κ3) is 3.60. The summed E-state index contributed by atoms with van der Waals surface area (Å²) in [6.45, 7) is 0. The maximum atomic E-state index is 12.3. The van der Waals surface area contributed by atoms with Gasteiger partial charge in [-0.1, -0.05) is 25.0 Å². The van der Waals surface area contributed by atoms with Crippen LogP contribution in [0.2, 0.25) is 0 Å². The molecule has 0 radical (unpaired) electrons. The Morgan fingerprint density at radius 3 is 2.67 bits per heavy atom. The average molecular weight is 286 g/mol. The van der Waals surface area contributed by atoms with E-state index in [0.29, 0.717) is 24.9 Å². The van der Waals surface area contributed by atoms with Crippen LogP contribution in [0.15, 0.2) is 24.3 Å². The Bertz CT molecular complexity index is 583. The predicted octanol–water partition coefficient (Wildman–Crippen LogP) is 2.73. The van der Waals surface area contributed by atoms with Crippen LogP contribution in [0.3, 0.4) is 0 Å². The van der Waals surface area contributed by atoms with Crippen molar-refractivity contribution in [2.24, 2.45) is 5.41 Å². The van der Waals surface area contributed by atoms with Gasteiger partial charge in [-0.3, -0.25) is 9.59 Å². The molecule has 0 unspecified atom stereocenters. The average Bonchev–Trinajstić information content (AvgIpc) is 2.96. The number of nitrogens with one attached hydrogen (secondary N) is 1. The van der Waals surface area contributed by atoms with E-state index in [1.807, 2.05) is 6.07 Å². The number of carboxylic acid groups (broad SMARTS) is 1. The number of nitrogens with zero attached hydrogens (tertiary/aromatic N) is 1. The smallest absolute Gasteiger partial charge is 0.303 e. The Kier molecular flexibility index (Phi) is 4.59. The van der Waals surface area contributed by atoms with Crippen LogP contribution in [0, 0.1) is 16.7 Å². The van der Waals surface area contributed by atoms with E-state index in [1.54, 1.807) is 18.2 Å². The van der Waals surface area contributed by atoms with Crippen molar-refractivity contribution in [3.05, 3.63) is 29.8 Å². The van der Waals surface area contributed by atoms with E-state index in [-0.39, 0.29) is 12.3 Å². The lowest BCUT2D eigenvalue weighted by atomic mass is 9.87. The van der Waals surface area contributed by atoms with Gasteiger partial charge in [0.2, 0.25) is 5.91 Å². The molecule has 2 rings (SSSR count). The van der Waals surface area contributed by atoms with Crippen molar-refractivity contribution in [1.29, 1.82) is 5.26 Å². The molecule has 5 nitrogen and oxygen atoms in total. The number of carbonyl (C=O) groups excluding carboxylic acids is 1. The minimum atomic E-state index is -0.906. The van der Waals surface area contributed by atoms with Crippen molar-refractivity contribution in [2.75, 3.05) is 5.32 Å². The van der Waals surface area contributed by atoms with E-state index in [4.69, 9.17) is 5.11 Å². The van der Waals surface area contributed by atoms with Gasteiger partial charge in [0.05, 0.1) is 6.07 Å². The Morgan fingerprint density at radius 2 is 2.05 bits per heavy atom. The highest BCUT2D eigenvalue weighted by molar-refractivity contribution is 5.97. The number of hydrogen-bond donors (Lipinski definition) is 2. The van der Waals surface area contributed by atoms with Gasteiger partial charge in [0, 0.05) is 12.1 Å². The molecule has 21 heavy (non-hydrogen) atoms. The number of anilines is 1. The number of nitriles is 1. The third-order valence-corrected chi connectivity index (χ3v) is 3.92. The molecule has 0 saturated heterocycles.